The van der Waals surface area contributed by atoms with Gasteiger partial charge in [-0.2, -0.15) is 0 Å². The van der Waals surface area contributed by atoms with Crippen LogP contribution in [0.5, 0.6) is 5.75 Å². The molecule has 2 fully saturated rings. The first-order valence-corrected chi connectivity index (χ1v) is 13.1. The fourth-order valence-corrected chi connectivity index (χ4v) is 5.98. The van der Waals surface area contributed by atoms with E-state index in [0.29, 0.717) is 23.1 Å². The third-order valence-electron chi connectivity index (χ3n) is 7.89. The van der Waals surface area contributed by atoms with Crippen LogP contribution in [0.25, 0.3) is 0 Å². The molecule has 2 aliphatic rings. The highest BCUT2D eigenvalue weighted by Gasteiger charge is 2.36. The molecule has 0 spiro atoms. The van der Waals surface area contributed by atoms with E-state index < -0.39 is 17.5 Å². The number of benzene rings is 2. The predicted octanol–water partition coefficient (Wildman–Crippen LogP) is 8.72. The minimum absolute atomic E-state index is 0.0443. The topological polar surface area (TPSA) is 9.23 Å². The first-order chi connectivity index (χ1) is 17.5. The van der Waals surface area contributed by atoms with Crippen molar-refractivity contribution in [2.45, 2.75) is 64.2 Å². The van der Waals surface area contributed by atoms with Crippen LogP contribution in [0.1, 0.15) is 80.9 Å². The van der Waals surface area contributed by atoms with Gasteiger partial charge in [0.15, 0.2) is 11.6 Å². The highest BCUT2D eigenvalue weighted by molar-refractivity contribution is 5.47. The molecule has 190 valence electrons. The molecule has 0 aromatic heterocycles. The monoisotopic (exact) mass is 492 g/mol. The van der Waals surface area contributed by atoms with Crippen molar-refractivity contribution in [3.05, 3.63) is 89.3 Å². The molecule has 2 aromatic carbocycles. The van der Waals surface area contributed by atoms with Gasteiger partial charge >= 0.3 is 0 Å². The molecule has 2 saturated carbocycles. The quantitative estimate of drug-likeness (QED) is 0.277. The lowest BCUT2D eigenvalue weighted by atomic mass is 9.63. The van der Waals surface area contributed by atoms with Crippen LogP contribution in [-0.2, 0) is 0 Å². The summed E-state index contributed by atoms with van der Waals surface area (Å²) in [6.45, 7) is 5.89. The normalized spacial score (nSPS) is 23.6. The second-order valence-corrected chi connectivity index (χ2v) is 10.2. The van der Waals surface area contributed by atoms with Crippen LogP contribution in [0.2, 0.25) is 0 Å². The summed E-state index contributed by atoms with van der Waals surface area (Å²) in [5.74, 6) is 5.43. The Hall–Kier alpha value is -2.93. The zero-order chi connectivity index (χ0) is 25.5. The van der Waals surface area contributed by atoms with Gasteiger partial charge in [-0.05, 0) is 99.3 Å². The summed E-state index contributed by atoms with van der Waals surface area (Å²) in [6.07, 6.45) is 15.0. The van der Waals surface area contributed by atoms with Crippen molar-refractivity contribution in [3.63, 3.8) is 0 Å². The lowest BCUT2D eigenvalue weighted by molar-refractivity contribution is 0.114. The average molecular weight is 493 g/mol. The minimum atomic E-state index is -0.943. The van der Waals surface area contributed by atoms with Crippen molar-refractivity contribution >= 4 is 0 Å². The summed E-state index contributed by atoms with van der Waals surface area (Å²) < 4.78 is 49.7. The van der Waals surface area contributed by atoms with Crippen LogP contribution in [0.4, 0.5) is 13.2 Å². The number of rotatable bonds is 7. The molecule has 0 aliphatic heterocycles. The molecule has 4 atom stereocenters. The molecule has 2 aliphatic carbocycles. The standard InChI is InChI=1S/C32H35F3O/c1-3-5-6-7-22-8-9-26-20-27(13-12-25(26)19-22)29-17-15-24(31(34)32(29)35)11-10-23-14-16-28(21-30(23)33)36-18-4-2/h3-5,14-17,21-22,25-27H,2,6-9,12-13,18-20H2,1H3/b5-3+. The Morgan fingerprint density at radius 3 is 2.47 bits per heavy atom. The molecule has 1 nitrogen and oxygen atoms in total. The first-order valence-electron chi connectivity index (χ1n) is 13.1. The van der Waals surface area contributed by atoms with Gasteiger partial charge in [0.25, 0.3) is 0 Å². The zero-order valence-electron chi connectivity index (χ0n) is 21.0. The molecule has 0 radical (unpaired) electrons. The Morgan fingerprint density at radius 2 is 1.69 bits per heavy atom. The predicted molar refractivity (Wildman–Crippen MR) is 139 cm³/mol. The van der Waals surface area contributed by atoms with Crippen LogP contribution in [-0.4, -0.2) is 6.61 Å². The van der Waals surface area contributed by atoms with E-state index in [2.05, 4.69) is 37.5 Å². The van der Waals surface area contributed by atoms with Crippen LogP contribution < -0.4 is 4.74 Å². The highest BCUT2D eigenvalue weighted by Crippen LogP contribution is 2.48. The van der Waals surface area contributed by atoms with Gasteiger partial charge in [-0.25, -0.2) is 13.2 Å². The van der Waals surface area contributed by atoms with Gasteiger partial charge < -0.3 is 4.74 Å². The third kappa shape index (κ3) is 6.25. The SMILES string of the molecule is C=CCOc1ccc(C#Cc2ccc(C3CCC4CC(CC/C=C/C)CCC4C3)c(F)c2F)c(F)c1. The highest BCUT2D eigenvalue weighted by atomic mass is 19.2. The summed E-state index contributed by atoms with van der Waals surface area (Å²) in [4.78, 5) is 0. The van der Waals surface area contributed by atoms with Crippen molar-refractivity contribution in [3.8, 4) is 17.6 Å². The van der Waals surface area contributed by atoms with E-state index in [1.54, 1.807) is 18.2 Å². The first kappa shape index (κ1) is 26.1. The second kappa shape index (κ2) is 12.3. The maximum Gasteiger partial charge on any atom is 0.174 e. The van der Waals surface area contributed by atoms with Gasteiger partial charge in [0.05, 0.1) is 11.1 Å². The van der Waals surface area contributed by atoms with E-state index >= 15 is 4.39 Å². The Balaban J connectivity index is 1.42. The summed E-state index contributed by atoms with van der Waals surface area (Å²) in [5, 5.41) is 0. The van der Waals surface area contributed by atoms with E-state index in [1.165, 1.54) is 43.9 Å². The molecule has 4 heteroatoms. The van der Waals surface area contributed by atoms with Crippen molar-refractivity contribution in [1.82, 2.24) is 0 Å². The maximum absolute atomic E-state index is 15.1. The average Bonchev–Trinajstić information content (AvgIpc) is 2.89. The Kier molecular flexibility index (Phi) is 8.97. The molecule has 4 rings (SSSR count). The van der Waals surface area contributed by atoms with Gasteiger partial charge in [-0.15, -0.1) is 0 Å². The molecule has 0 amide bonds. The van der Waals surface area contributed by atoms with E-state index in [1.807, 2.05) is 0 Å². The molecule has 0 bridgehead atoms. The molecule has 0 N–H and O–H groups in total. The largest absolute Gasteiger partial charge is 0.489 e. The van der Waals surface area contributed by atoms with Crippen LogP contribution >= 0.6 is 0 Å². The smallest absolute Gasteiger partial charge is 0.174 e. The van der Waals surface area contributed by atoms with E-state index in [-0.39, 0.29) is 23.7 Å². The maximum atomic E-state index is 15.1. The van der Waals surface area contributed by atoms with Crippen LogP contribution in [0, 0.1) is 47.0 Å². The number of hydrogen-bond acceptors (Lipinski definition) is 1. The van der Waals surface area contributed by atoms with Crippen molar-refractivity contribution in [1.29, 1.82) is 0 Å². The third-order valence-corrected chi connectivity index (χ3v) is 7.89. The second-order valence-electron chi connectivity index (χ2n) is 10.2. The fraction of sp³-hybridized carbons (Fsp3) is 0.438. The van der Waals surface area contributed by atoms with Crippen molar-refractivity contribution in [2.75, 3.05) is 6.61 Å². The molecular formula is C32H35F3O. The Bertz CT molecular complexity index is 1160. The van der Waals surface area contributed by atoms with Crippen LogP contribution in [0.15, 0.2) is 55.1 Å². The number of fused-ring (bicyclic) bond motifs is 1. The molecule has 0 heterocycles. The van der Waals surface area contributed by atoms with E-state index in [0.717, 1.165) is 31.6 Å². The van der Waals surface area contributed by atoms with Crippen molar-refractivity contribution < 1.29 is 17.9 Å². The molecule has 2 aromatic rings. The summed E-state index contributed by atoms with van der Waals surface area (Å²) >= 11 is 0. The van der Waals surface area contributed by atoms with E-state index in [9.17, 15) is 8.78 Å². The molecular weight excluding hydrogens is 457 g/mol. The summed E-state index contributed by atoms with van der Waals surface area (Å²) in [7, 11) is 0. The molecule has 0 saturated heterocycles. The van der Waals surface area contributed by atoms with Gasteiger partial charge in [-0.1, -0.05) is 49.1 Å². The van der Waals surface area contributed by atoms with Gasteiger partial charge in [0.1, 0.15) is 18.2 Å². The van der Waals surface area contributed by atoms with Gasteiger partial charge in [-0.3, -0.25) is 0 Å². The van der Waals surface area contributed by atoms with E-state index in [4.69, 9.17) is 4.74 Å². The van der Waals surface area contributed by atoms with Gasteiger partial charge in [0.2, 0.25) is 0 Å². The number of hydrogen-bond donors (Lipinski definition) is 0. The van der Waals surface area contributed by atoms with Crippen LogP contribution in [0.3, 0.4) is 0 Å². The minimum Gasteiger partial charge on any atom is -0.489 e. The van der Waals surface area contributed by atoms with Gasteiger partial charge in [0, 0.05) is 6.07 Å². The Morgan fingerprint density at radius 1 is 0.944 bits per heavy atom. The zero-order valence-corrected chi connectivity index (χ0v) is 21.0. The van der Waals surface area contributed by atoms with Crippen molar-refractivity contribution in [2.24, 2.45) is 17.8 Å². The molecule has 36 heavy (non-hydrogen) atoms. The number of halogens is 3. The number of ether oxygens (including phenoxy) is 1. The molecule has 4 unspecified atom stereocenters. The lowest BCUT2D eigenvalue weighted by Crippen LogP contribution is -2.30. The number of allylic oxidation sites excluding steroid dienone is 2. The fourth-order valence-electron chi connectivity index (χ4n) is 5.98. The lowest BCUT2D eigenvalue weighted by Gasteiger charge is -2.42. The Labute approximate surface area is 213 Å². The summed E-state index contributed by atoms with van der Waals surface area (Å²) in [5.41, 5.74) is 0.504. The summed E-state index contributed by atoms with van der Waals surface area (Å²) in [6, 6.07) is 7.49.